The van der Waals surface area contributed by atoms with Crippen molar-refractivity contribution in [1.82, 2.24) is 15.1 Å². The van der Waals surface area contributed by atoms with Gasteiger partial charge >= 0.3 is 0 Å². The lowest BCUT2D eigenvalue weighted by molar-refractivity contribution is 0.191. The molecular formula is C22H23ClN4. The number of H-pyrrole nitrogens is 1. The zero-order valence-electron chi connectivity index (χ0n) is 15.2. The van der Waals surface area contributed by atoms with Crippen LogP contribution < -0.4 is 4.90 Å². The van der Waals surface area contributed by atoms with E-state index in [1.807, 2.05) is 18.2 Å². The van der Waals surface area contributed by atoms with Gasteiger partial charge < -0.3 is 4.90 Å². The highest BCUT2D eigenvalue weighted by atomic mass is 35.5. The van der Waals surface area contributed by atoms with Crippen molar-refractivity contribution in [3.8, 4) is 11.3 Å². The molecule has 5 heteroatoms. The molecule has 1 atom stereocenters. The van der Waals surface area contributed by atoms with Crippen LogP contribution in [0.25, 0.3) is 11.3 Å². The first-order valence-corrected chi connectivity index (χ1v) is 10.0. The minimum atomic E-state index is 0.598. The third kappa shape index (κ3) is 3.24. The van der Waals surface area contributed by atoms with Crippen LogP contribution in [0.5, 0.6) is 0 Å². The zero-order chi connectivity index (χ0) is 18.2. The van der Waals surface area contributed by atoms with E-state index in [1.54, 1.807) is 0 Å². The highest BCUT2D eigenvalue weighted by Gasteiger charge is 2.32. The van der Waals surface area contributed by atoms with Crippen molar-refractivity contribution in [2.24, 2.45) is 0 Å². The molecule has 1 unspecified atom stereocenters. The molecule has 4 nitrogen and oxygen atoms in total. The highest BCUT2D eigenvalue weighted by Crippen LogP contribution is 2.32. The van der Waals surface area contributed by atoms with Crippen LogP contribution in [0.2, 0.25) is 5.02 Å². The monoisotopic (exact) mass is 378 g/mol. The zero-order valence-corrected chi connectivity index (χ0v) is 16.0. The number of aromatic amines is 1. The maximum atomic E-state index is 6.20. The molecule has 0 bridgehead atoms. The molecule has 1 N–H and O–H groups in total. The number of nitrogens with zero attached hydrogens (tertiary/aromatic N) is 3. The Morgan fingerprint density at radius 2 is 1.93 bits per heavy atom. The van der Waals surface area contributed by atoms with E-state index in [2.05, 4.69) is 56.4 Å². The molecule has 0 amide bonds. The Kier molecular flexibility index (Phi) is 4.38. The number of para-hydroxylation sites is 1. The van der Waals surface area contributed by atoms with Gasteiger partial charge in [0.05, 0.1) is 5.69 Å². The molecule has 27 heavy (non-hydrogen) atoms. The van der Waals surface area contributed by atoms with Gasteiger partial charge in [-0.2, -0.15) is 5.10 Å². The second-order valence-corrected chi connectivity index (χ2v) is 7.92. The highest BCUT2D eigenvalue weighted by molar-refractivity contribution is 6.30. The van der Waals surface area contributed by atoms with Crippen molar-refractivity contribution in [2.75, 3.05) is 24.5 Å². The predicted molar refractivity (Wildman–Crippen MR) is 110 cm³/mol. The van der Waals surface area contributed by atoms with Crippen LogP contribution in [-0.4, -0.2) is 40.8 Å². The van der Waals surface area contributed by atoms with Gasteiger partial charge in [0.15, 0.2) is 0 Å². The van der Waals surface area contributed by atoms with E-state index in [-0.39, 0.29) is 0 Å². The van der Waals surface area contributed by atoms with E-state index in [0.717, 1.165) is 48.9 Å². The fraction of sp³-hybridized carbons (Fsp3) is 0.318. The van der Waals surface area contributed by atoms with Crippen molar-refractivity contribution >= 4 is 17.3 Å². The lowest BCUT2D eigenvalue weighted by Crippen LogP contribution is -2.40. The summed E-state index contributed by atoms with van der Waals surface area (Å²) in [6, 6.07) is 19.4. The van der Waals surface area contributed by atoms with E-state index in [0.29, 0.717) is 6.04 Å². The fourth-order valence-corrected chi connectivity index (χ4v) is 4.61. The fourth-order valence-electron chi connectivity index (χ4n) is 4.42. The van der Waals surface area contributed by atoms with Gasteiger partial charge in [0.1, 0.15) is 0 Å². The number of nitrogens with one attached hydrogen (secondary N) is 1. The minimum Gasteiger partial charge on any atom is -0.370 e. The lowest BCUT2D eigenvalue weighted by Gasteiger charge is -2.32. The van der Waals surface area contributed by atoms with Gasteiger partial charge in [0.2, 0.25) is 0 Å². The number of hydrogen-bond donors (Lipinski definition) is 1. The summed E-state index contributed by atoms with van der Waals surface area (Å²) in [6.07, 6.45) is 2.25. The van der Waals surface area contributed by atoms with Crippen LogP contribution in [-0.2, 0) is 13.0 Å². The summed E-state index contributed by atoms with van der Waals surface area (Å²) in [5.41, 5.74) is 6.09. The van der Waals surface area contributed by atoms with Crippen molar-refractivity contribution < 1.29 is 0 Å². The molecule has 0 radical (unpaired) electrons. The van der Waals surface area contributed by atoms with Gasteiger partial charge in [-0.3, -0.25) is 10.00 Å². The summed E-state index contributed by atoms with van der Waals surface area (Å²) in [7, 11) is 0. The molecule has 5 rings (SSSR count). The number of aromatic nitrogens is 2. The van der Waals surface area contributed by atoms with Gasteiger partial charge in [0.25, 0.3) is 0 Å². The third-order valence-corrected chi connectivity index (χ3v) is 6.10. The molecule has 2 aliphatic rings. The molecule has 1 fully saturated rings. The van der Waals surface area contributed by atoms with Gasteiger partial charge in [-0.25, -0.2) is 0 Å². The average molecular weight is 379 g/mol. The smallest absolute Gasteiger partial charge is 0.0969 e. The summed E-state index contributed by atoms with van der Waals surface area (Å²) in [4.78, 5) is 5.14. The SMILES string of the molecule is Clc1cccc(-c2n[nH]c3c2CN(C2CCN(c4ccccc4)C2)CC3)c1. The van der Waals surface area contributed by atoms with E-state index in [1.165, 1.54) is 23.4 Å². The molecule has 3 heterocycles. The summed E-state index contributed by atoms with van der Waals surface area (Å²) in [6.45, 7) is 4.28. The minimum absolute atomic E-state index is 0.598. The first-order valence-electron chi connectivity index (χ1n) is 9.64. The second-order valence-electron chi connectivity index (χ2n) is 7.48. The Hall–Kier alpha value is -2.30. The molecule has 2 aromatic carbocycles. The Morgan fingerprint density at radius 1 is 1.04 bits per heavy atom. The van der Waals surface area contributed by atoms with Crippen LogP contribution in [0.3, 0.4) is 0 Å². The van der Waals surface area contributed by atoms with Crippen LogP contribution in [0.1, 0.15) is 17.7 Å². The van der Waals surface area contributed by atoms with E-state index in [9.17, 15) is 0 Å². The van der Waals surface area contributed by atoms with E-state index < -0.39 is 0 Å². The third-order valence-electron chi connectivity index (χ3n) is 5.86. The normalized spacial score (nSPS) is 20.0. The molecule has 138 valence electrons. The summed E-state index contributed by atoms with van der Waals surface area (Å²) in [5.74, 6) is 0. The Bertz CT molecular complexity index is 936. The first kappa shape index (κ1) is 16.8. The average Bonchev–Trinajstić information content (AvgIpc) is 3.35. The summed E-state index contributed by atoms with van der Waals surface area (Å²) in [5, 5.41) is 8.63. The lowest BCUT2D eigenvalue weighted by atomic mass is 9.99. The van der Waals surface area contributed by atoms with Crippen molar-refractivity contribution in [3.05, 3.63) is 70.9 Å². The Morgan fingerprint density at radius 3 is 2.78 bits per heavy atom. The van der Waals surface area contributed by atoms with E-state index >= 15 is 0 Å². The van der Waals surface area contributed by atoms with Crippen LogP contribution >= 0.6 is 11.6 Å². The van der Waals surface area contributed by atoms with Crippen molar-refractivity contribution in [3.63, 3.8) is 0 Å². The number of hydrogen-bond acceptors (Lipinski definition) is 3. The molecule has 3 aromatic rings. The van der Waals surface area contributed by atoms with Gasteiger partial charge in [0, 0.05) is 66.2 Å². The van der Waals surface area contributed by atoms with Gasteiger partial charge in [-0.1, -0.05) is 41.9 Å². The summed E-state index contributed by atoms with van der Waals surface area (Å²) >= 11 is 6.20. The van der Waals surface area contributed by atoms with Gasteiger partial charge in [-0.05, 0) is 30.7 Å². The maximum absolute atomic E-state index is 6.20. The standard InChI is InChI=1S/C22H23ClN4/c23-17-6-4-5-16(13-17)22-20-15-27(12-10-21(20)24-25-22)19-9-11-26(14-19)18-7-2-1-3-8-18/h1-8,13,19H,9-12,14-15H2,(H,24,25). The quantitative estimate of drug-likeness (QED) is 0.735. The molecule has 1 aromatic heterocycles. The summed E-state index contributed by atoms with van der Waals surface area (Å²) < 4.78 is 0. The maximum Gasteiger partial charge on any atom is 0.0969 e. The number of rotatable bonds is 3. The topological polar surface area (TPSA) is 35.2 Å². The van der Waals surface area contributed by atoms with Crippen LogP contribution in [0.4, 0.5) is 5.69 Å². The Balaban J connectivity index is 1.35. The molecule has 0 spiro atoms. The second kappa shape index (κ2) is 7.02. The van der Waals surface area contributed by atoms with Crippen molar-refractivity contribution in [1.29, 1.82) is 0 Å². The largest absolute Gasteiger partial charge is 0.370 e. The van der Waals surface area contributed by atoms with Gasteiger partial charge in [-0.15, -0.1) is 0 Å². The number of benzene rings is 2. The molecule has 0 saturated carbocycles. The Labute approximate surface area is 164 Å². The number of halogens is 1. The first-order chi connectivity index (χ1) is 13.3. The number of fused-ring (bicyclic) bond motifs is 1. The number of anilines is 1. The van der Waals surface area contributed by atoms with Crippen LogP contribution in [0, 0.1) is 0 Å². The van der Waals surface area contributed by atoms with Crippen molar-refractivity contribution in [2.45, 2.75) is 25.4 Å². The molecule has 2 aliphatic heterocycles. The molecule has 1 saturated heterocycles. The van der Waals surface area contributed by atoms with E-state index in [4.69, 9.17) is 11.6 Å². The predicted octanol–water partition coefficient (Wildman–Crippen LogP) is 4.37. The molecular weight excluding hydrogens is 356 g/mol. The molecule has 0 aliphatic carbocycles. The van der Waals surface area contributed by atoms with Crippen LogP contribution in [0.15, 0.2) is 54.6 Å².